The molecule has 5 rings (SSSR count). The first kappa shape index (κ1) is 26.4. The van der Waals surface area contributed by atoms with Crippen LogP contribution in [0.5, 0.6) is 0 Å². The summed E-state index contributed by atoms with van der Waals surface area (Å²) in [4.78, 5) is 41.9. The molecular formula is C30H36FN3O4. The quantitative estimate of drug-likeness (QED) is 0.630. The topological polar surface area (TPSA) is 79.0 Å². The van der Waals surface area contributed by atoms with Crippen molar-refractivity contribution in [1.29, 1.82) is 0 Å². The number of nitrogens with zero attached hydrogens (tertiary/aromatic N) is 2. The Bertz CT molecular complexity index is 1160. The van der Waals surface area contributed by atoms with Gasteiger partial charge in [0.2, 0.25) is 11.8 Å². The largest absolute Gasteiger partial charge is 0.363 e. The number of alkyl halides is 1. The number of hydrogen-bond acceptors (Lipinski definition) is 4. The van der Waals surface area contributed by atoms with E-state index < -0.39 is 24.4 Å². The zero-order valence-electron chi connectivity index (χ0n) is 22.2. The molecule has 0 unspecified atom stereocenters. The van der Waals surface area contributed by atoms with Gasteiger partial charge in [-0.15, -0.1) is 0 Å². The van der Waals surface area contributed by atoms with Crippen LogP contribution in [0, 0.1) is 5.92 Å². The molecule has 3 saturated heterocycles. The third-order valence-corrected chi connectivity index (χ3v) is 8.15. The molecule has 0 spiro atoms. The SMILES string of the molecule is CC(=O)N1C[C@H]2C[C@H](C(=O)N3C[C@H](F)C[C@H]3C(=O)N[C@@H](c3ccccc3)c3ccc(C(C)C)cc3)O[C@H]2C1. The van der Waals surface area contributed by atoms with E-state index in [1.54, 1.807) is 4.90 Å². The predicted octanol–water partition coefficient (Wildman–Crippen LogP) is 3.59. The summed E-state index contributed by atoms with van der Waals surface area (Å²) >= 11 is 0. The predicted molar refractivity (Wildman–Crippen MR) is 141 cm³/mol. The van der Waals surface area contributed by atoms with Gasteiger partial charge in [-0.2, -0.15) is 0 Å². The van der Waals surface area contributed by atoms with Gasteiger partial charge in [0, 0.05) is 32.4 Å². The summed E-state index contributed by atoms with van der Waals surface area (Å²) in [5.41, 5.74) is 3.03. The van der Waals surface area contributed by atoms with E-state index in [-0.39, 0.29) is 42.7 Å². The van der Waals surface area contributed by atoms with Crippen molar-refractivity contribution in [3.63, 3.8) is 0 Å². The van der Waals surface area contributed by atoms with Crippen LogP contribution in [0.1, 0.15) is 62.3 Å². The van der Waals surface area contributed by atoms with E-state index in [4.69, 9.17) is 4.74 Å². The Kier molecular flexibility index (Phi) is 7.52. The standard InChI is InChI=1S/C30H36FN3O4/c1-18(2)20-9-11-22(12-10-20)28(21-7-5-4-6-8-21)32-29(36)25-14-24(31)16-34(25)30(37)26-13-23-15-33(19(3)35)17-27(23)38-26/h4-12,18,23-28H,13-17H2,1-3H3,(H,32,36)/t23-,24-,25+,26-,27+,28+/m1/s1. The molecule has 0 aliphatic carbocycles. The number of fused-ring (bicyclic) bond motifs is 1. The highest BCUT2D eigenvalue weighted by molar-refractivity contribution is 5.90. The smallest absolute Gasteiger partial charge is 0.252 e. The van der Waals surface area contributed by atoms with Crippen molar-refractivity contribution in [2.24, 2.45) is 5.92 Å². The van der Waals surface area contributed by atoms with E-state index in [0.29, 0.717) is 25.4 Å². The molecular weight excluding hydrogens is 485 g/mol. The number of likely N-dealkylation sites (tertiary alicyclic amines) is 2. The molecule has 3 aliphatic heterocycles. The zero-order valence-corrected chi connectivity index (χ0v) is 22.2. The number of carbonyl (C=O) groups is 3. The Morgan fingerprint density at radius 1 is 0.921 bits per heavy atom. The average Bonchev–Trinajstić information content (AvgIpc) is 3.60. The maximum absolute atomic E-state index is 14.6. The number of rotatable bonds is 6. The first-order valence-electron chi connectivity index (χ1n) is 13.5. The third kappa shape index (κ3) is 5.32. The van der Waals surface area contributed by atoms with E-state index in [0.717, 1.165) is 11.1 Å². The van der Waals surface area contributed by atoms with Gasteiger partial charge in [-0.1, -0.05) is 68.4 Å². The summed E-state index contributed by atoms with van der Waals surface area (Å²) in [6.07, 6.45) is -1.75. The molecule has 1 N–H and O–H groups in total. The lowest BCUT2D eigenvalue weighted by molar-refractivity contribution is -0.148. The molecule has 6 atom stereocenters. The van der Waals surface area contributed by atoms with Crippen LogP contribution in [-0.2, 0) is 19.1 Å². The van der Waals surface area contributed by atoms with Crippen LogP contribution in [0.4, 0.5) is 4.39 Å². The van der Waals surface area contributed by atoms with Crippen LogP contribution < -0.4 is 5.32 Å². The Morgan fingerprint density at radius 3 is 2.21 bits per heavy atom. The summed E-state index contributed by atoms with van der Waals surface area (Å²) in [5, 5.41) is 3.11. The van der Waals surface area contributed by atoms with Crippen LogP contribution in [-0.4, -0.2) is 71.6 Å². The van der Waals surface area contributed by atoms with Crippen molar-refractivity contribution in [2.45, 2.75) is 70.0 Å². The number of benzene rings is 2. The van der Waals surface area contributed by atoms with Crippen LogP contribution in [0.3, 0.4) is 0 Å². The second-order valence-corrected chi connectivity index (χ2v) is 11.1. The van der Waals surface area contributed by atoms with E-state index in [2.05, 4.69) is 31.3 Å². The minimum absolute atomic E-state index is 0.00533. The van der Waals surface area contributed by atoms with E-state index in [1.807, 2.05) is 42.5 Å². The van der Waals surface area contributed by atoms with Crippen molar-refractivity contribution < 1.29 is 23.5 Å². The van der Waals surface area contributed by atoms with Crippen LogP contribution in [0.2, 0.25) is 0 Å². The van der Waals surface area contributed by atoms with Gasteiger partial charge < -0.3 is 19.9 Å². The van der Waals surface area contributed by atoms with Gasteiger partial charge in [0.05, 0.1) is 18.7 Å². The van der Waals surface area contributed by atoms with Gasteiger partial charge in [0.15, 0.2) is 0 Å². The second kappa shape index (κ2) is 10.8. The van der Waals surface area contributed by atoms with Gasteiger partial charge in [-0.05, 0) is 29.0 Å². The first-order chi connectivity index (χ1) is 18.2. The molecule has 202 valence electrons. The minimum Gasteiger partial charge on any atom is -0.363 e. The Balaban J connectivity index is 1.31. The molecule has 0 saturated carbocycles. The highest BCUT2D eigenvalue weighted by Crippen LogP contribution is 2.35. The molecule has 0 aromatic heterocycles. The van der Waals surface area contributed by atoms with Crippen molar-refractivity contribution in [3.8, 4) is 0 Å². The normalized spacial score (nSPS) is 27.4. The number of nitrogens with one attached hydrogen (secondary N) is 1. The fraction of sp³-hybridized carbons (Fsp3) is 0.500. The Hall–Kier alpha value is -3.26. The molecule has 3 fully saturated rings. The molecule has 0 bridgehead atoms. The van der Waals surface area contributed by atoms with E-state index >= 15 is 0 Å². The van der Waals surface area contributed by atoms with Gasteiger partial charge in [-0.25, -0.2) is 4.39 Å². The maximum atomic E-state index is 14.6. The van der Waals surface area contributed by atoms with Gasteiger partial charge in [-0.3, -0.25) is 14.4 Å². The second-order valence-electron chi connectivity index (χ2n) is 11.1. The van der Waals surface area contributed by atoms with E-state index in [1.165, 1.54) is 17.4 Å². The van der Waals surface area contributed by atoms with Crippen molar-refractivity contribution in [1.82, 2.24) is 15.1 Å². The maximum Gasteiger partial charge on any atom is 0.252 e. The van der Waals surface area contributed by atoms with Crippen molar-refractivity contribution in [2.75, 3.05) is 19.6 Å². The highest BCUT2D eigenvalue weighted by Gasteiger charge is 2.49. The number of carbonyl (C=O) groups excluding carboxylic acids is 3. The highest BCUT2D eigenvalue weighted by atomic mass is 19.1. The van der Waals surface area contributed by atoms with Gasteiger partial charge in [0.1, 0.15) is 18.3 Å². The molecule has 38 heavy (non-hydrogen) atoms. The summed E-state index contributed by atoms with van der Waals surface area (Å²) in [5.74, 6) is -0.251. The number of ether oxygens (including phenoxy) is 1. The van der Waals surface area contributed by atoms with Crippen LogP contribution in [0.25, 0.3) is 0 Å². The third-order valence-electron chi connectivity index (χ3n) is 8.15. The van der Waals surface area contributed by atoms with Crippen molar-refractivity contribution >= 4 is 17.7 Å². The zero-order chi connectivity index (χ0) is 27.0. The Labute approximate surface area is 223 Å². The molecule has 3 amide bonds. The molecule has 2 aromatic rings. The van der Waals surface area contributed by atoms with Crippen LogP contribution >= 0.6 is 0 Å². The average molecular weight is 522 g/mol. The fourth-order valence-corrected chi connectivity index (χ4v) is 5.96. The summed E-state index contributed by atoms with van der Waals surface area (Å²) in [6.45, 7) is 6.70. The first-order valence-corrected chi connectivity index (χ1v) is 13.5. The minimum atomic E-state index is -1.27. The van der Waals surface area contributed by atoms with E-state index in [9.17, 15) is 18.8 Å². The van der Waals surface area contributed by atoms with Gasteiger partial charge >= 0.3 is 0 Å². The molecule has 3 aliphatic rings. The molecule has 3 heterocycles. The lowest BCUT2D eigenvalue weighted by Gasteiger charge is -2.29. The molecule has 8 heteroatoms. The summed E-state index contributed by atoms with van der Waals surface area (Å²) in [7, 11) is 0. The number of amides is 3. The molecule has 7 nitrogen and oxygen atoms in total. The summed E-state index contributed by atoms with van der Waals surface area (Å²) in [6, 6.07) is 16.5. The fourth-order valence-electron chi connectivity index (χ4n) is 5.96. The molecule has 2 aromatic carbocycles. The lowest BCUT2D eigenvalue weighted by atomic mass is 9.95. The number of hydrogen-bond donors (Lipinski definition) is 1. The Morgan fingerprint density at radius 2 is 1.58 bits per heavy atom. The number of halogens is 1. The van der Waals surface area contributed by atoms with Crippen molar-refractivity contribution in [3.05, 3.63) is 71.3 Å². The van der Waals surface area contributed by atoms with Gasteiger partial charge in [0.25, 0.3) is 5.91 Å². The monoisotopic (exact) mass is 521 g/mol. The van der Waals surface area contributed by atoms with Crippen LogP contribution in [0.15, 0.2) is 54.6 Å². The summed E-state index contributed by atoms with van der Waals surface area (Å²) < 4.78 is 20.7. The molecule has 0 radical (unpaired) electrons. The lowest BCUT2D eigenvalue weighted by Crippen LogP contribution is -2.50.